The van der Waals surface area contributed by atoms with Crippen LogP contribution in [-0.2, 0) is 4.79 Å². The standard InChI is InChI=1S/C18H22ClN3O/c1-3-16-6-4-5-9-22(16)12-14(11-20)18(23)21-15-8-7-13(2)17(19)10-15/h7-8,10,12,16H,3-6,9H2,1-2H3,(H,21,23)/b14-12-. The fourth-order valence-corrected chi connectivity index (χ4v) is 2.99. The number of halogens is 1. The van der Waals surface area contributed by atoms with Crippen molar-refractivity contribution in [2.45, 2.75) is 45.6 Å². The van der Waals surface area contributed by atoms with Gasteiger partial charge in [-0.05, 0) is 50.3 Å². The van der Waals surface area contributed by atoms with Gasteiger partial charge in [-0.25, -0.2) is 0 Å². The first kappa shape index (κ1) is 17.4. The molecule has 1 aliphatic heterocycles. The highest BCUT2D eigenvalue weighted by Crippen LogP contribution is 2.22. The maximum absolute atomic E-state index is 12.3. The smallest absolute Gasteiger partial charge is 0.267 e. The lowest BCUT2D eigenvalue weighted by Crippen LogP contribution is -2.35. The van der Waals surface area contributed by atoms with Crippen LogP contribution in [0.4, 0.5) is 5.69 Å². The lowest BCUT2D eigenvalue weighted by atomic mass is 10.0. The van der Waals surface area contributed by atoms with Gasteiger partial charge in [0.25, 0.3) is 5.91 Å². The van der Waals surface area contributed by atoms with Crippen LogP contribution in [0.1, 0.15) is 38.2 Å². The molecule has 4 nitrogen and oxygen atoms in total. The number of benzene rings is 1. The maximum atomic E-state index is 12.3. The van der Waals surface area contributed by atoms with Crippen LogP contribution in [0.3, 0.4) is 0 Å². The minimum absolute atomic E-state index is 0.127. The summed E-state index contributed by atoms with van der Waals surface area (Å²) in [5, 5.41) is 12.7. The summed E-state index contributed by atoms with van der Waals surface area (Å²) < 4.78 is 0. The van der Waals surface area contributed by atoms with E-state index in [1.807, 2.05) is 19.1 Å². The summed E-state index contributed by atoms with van der Waals surface area (Å²) in [6.45, 7) is 4.93. The summed E-state index contributed by atoms with van der Waals surface area (Å²) >= 11 is 6.07. The minimum atomic E-state index is -0.396. The van der Waals surface area contributed by atoms with Gasteiger partial charge >= 0.3 is 0 Å². The molecule has 2 rings (SSSR count). The number of carbonyl (C=O) groups excluding carboxylic acids is 1. The molecule has 0 spiro atoms. The van der Waals surface area contributed by atoms with Gasteiger partial charge in [0.2, 0.25) is 0 Å². The summed E-state index contributed by atoms with van der Waals surface area (Å²) in [4.78, 5) is 14.5. The van der Waals surface area contributed by atoms with Crippen molar-refractivity contribution < 1.29 is 4.79 Å². The Balaban J connectivity index is 2.12. The lowest BCUT2D eigenvalue weighted by molar-refractivity contribution is -0.112. The molecule has 0 saturated carbocycles. The van der Waals surface area contributed by atoms with Crippen LogP contribution in [0, 0.1) is 18.3 Å². The number of piperidine rings is 1. The van der Waals surface area contributed by atoms with E-state index >= 15 is 0 Å². The average Bonchev–Trinajstić information content (AvgIpc) is 2.56. The Morgan fingerprint density at radius 1 is 1.52 bits per heavy atom. The van der Waals surface area contributed by atoms with Crippen LogP contribution < -0.4 is 5.32 Å². The molecule has 1 atom stereocenters. The van der Waals surface area contributed by atoms with E-state index in [1.165, 1.54) is 6.42 Å². The number of likely N-dealkylation sites (tertiary alicyclic amines) is 1. The number of carbonyl (C=O) groups is 1. The number of hydrogen-bond donors (Lipinski definition) is 1. The molecule has 1 N–H and O–H groups in total. The van der Waals surface area contributed by atoms with Crippen LogP contribution in [0.25, 0.3) is 0 Å². The summed E-state index contributed by atoms with van der Waals surface area (Å²) in [5.41, 5.74) is 1.67. The molecule has 23 heavy (non-hydrogen) atoms. The first-order chi connectivity index (χ1) is 11.0. The topological polar surface area (TPSA) is 56.1 Å². The normalized spacial score (nSPS) is 18.4. The quantitative estimate of drug-likeness (QED) is 0.662. The van der Waals surface area contributed by atoms with Crippen LogP contribution in [0.2, 0.25) is 5.02 Å². The average molecular weight is 332 g/mol. The lowest BCUT2D eigenvalue weighted by Gasteiger charge is -2.34. The zero-order chi connectivity index (χ0) is 16.8. The van der Waals surface area contributed by atoms with E-state index in [4.69, 9.17) is 11.6 Å². The predicted octanol–water partition coefficient (Wildman–Crippen LogP) is 4.26. The molecule has 5 heteroatoms. The fourth-order valence-electron chi connectivity index (χ4n) is 2.80. The zero-order valence-corrected chi connectivity index (χ0v) is 14.4. The molecule has 1 fully saturated rings. The SMILES string of the molecule is CCC1CCCCN1/C=C(/C#N)C(=O)Nc1ccc(C)c(Cl)c1. The summed E-state index contributed by atoms with van der Waals surface area (Å²) in [5.74, 6) is -0.396. The minimum Gasteiger partial charge on any atom is -0.373 e. The Hall–Kier alpha value is -1.99. The fraction of sp³-hybridized carbons (Fsp3) is 0.444. The van der Waals surface area contributed by atoms with Crippen molar-refractivity contribution in [2.24, 2.45) is 0 Å². The van der Waals surface area contributed by atoms with Gasteiger partial charge in [0.1, 0.15) is 11.6 Å². The third-order valence-corrected chi connectivity index (χ3v) is 4.64. The van der Waals surface area contributed by atoms with Crippen molar-refractivity contribution in [3.05, 3.63) is 40.6 Å². The van der Waals surface area contributed by atoms with Crippen LogP contribution >= 0.6 is 11.6 Å². The molecule has 1 amide bonds. The van der Waals surface area contributed by atoms with E-state index < -0.39 is 5.91 Å². The summed E-state index contributed by atoms with van der Waals surface area (Å²) in [7, 11) is 0. The number of nitriles is 1. The molecular formula is C18H22ClN3O. The number of hydrogen-bond acceptors (Lipinski definition) is 3. The molecule has 1 aliphatic rings. The van der Waals surface area contributed by atoms with E-state index in [0.717, 1.165) is 31.4 Å². The van der Waals surface area contributed by atoms with Gasteiger partial charge in [-0.2, -0.15) is 5.26 Å². The van der Waals surface area contributed by atoms with Gasteiger partial charge in [-0.1, -0.05) is 24.6 Å². The van der Waals surface area contributed by atoms with Crippen LogP contribution in [0.5, 0.6) is 0 Å². The van der Waals surface area contributed by atoms with Gasteiger partial charge < -0.3 is 10.2 Å². The third-order valence-electron chi connectivity index (χ3n) is 4.23. The van der Waals surface area contributed by atoms with E-state index in [2.05, 4.69) is 17.1 Å². The summed E-state index contributed by atoms with van der Waals surface area (Å²) in [6, 6.07) is 7.74. The largest absolute Gasteiger partial charge is 0.373 e. The van der Waals surface area contributed by atoms with Gasteiger partial charge in [-0.3, -0.25) is 4.79 Å². The molecule has 0 aromatic heterocycles. The monoisotopic (exact) mass is 331 g/mol. The molecule has 0 radical (unpaired) electrons. The Morgan fingerprint density at radius 2 is 2.30 bits per heavy atom. The van der Waals surface area contributed by atoms with Crippen molar-refractivity contribution in [1.29, 1.82) is 5.26 Å². The first-order valence-corrected chi connectivity index (χ1v) is 8.38. The number of anilines is 1. The molecule has 1 aromatic carbocycles. The molecule has 1 saturated heterocycles. The molecule has 1 aromatic rings. The Kier molecular flexibility index (Phi) is 6.06. The van der Waals surface area contributed by atoms with E-state index in [9.17, 15) is 10.1 Å². The zero-order valence-electron chi connectivity index (χ0n) is 13.6. The van der Waals surface area contributed by atoms with Crippen LogP contribution in [-0.4, -0.2) is 23.4 Å². The van der Waals surface area contributed by atoms with Crippen molar-refractivity contribution in [3.8, 4) is 6.07 Å². The molecular weight excluding hydrogens is 310 g/mol. The predicted molar refractivity (Wildman–Crippen MR) is 93.2 cm³/mol. The second-order valence-electron chi connectivity index (χ2n) is 5.87. The second-order valence-corrected chi connectivity index (χ2v) is 6.28. The molecule has 0 aliphatic carbocycles. The van der Waals surface area contributed by atoms with Crippen LogP contribution in [0.15, 0.2) is 30.0 Å². The second kappa shape index (κ2) is 8.03. The highest BCUT2D eigenvalue weighted by molar-refractivity contribution is 6.31. The van der Waals surface area contributed by atoms with Crippen molar-refractivity contribution in [3.63, 3.8) is 0 Å². The van der Waals surface area contributed by atoms with E-state index in [-0.39, 0.29) is 5.57 Å². The molecule has 122 valence electrons. The molecule has 1 heterocycles. The van der Waals surface area contributed by atoms with Gasteiger partial charge in [0.05, 0.1) is 0 Å². The summed E-state index contributed by atoms with van der Waals surface area (Å²) in [6.07, 6.45) is 6.14. The molecule has 1 unspecified atom stereocenters. The number of nitrogens with zero attached hydrogens (tertiary/aromatic N) is 2. The Labute approximate surface area is 142 Å². The Bertz CT molecular complexity index is 648. The van der Waals surface area contributed by atoms with Crippen molar-refractivity contribution in [1.82, 2.24) is 4.90 Å². The van der Waals surface area contributed by atoms with Gasteiger partial charge in [0, 0.05) is 29.5 Å². The third kappa shape index (κ3) is 4.49. The van der Waals surface area contributed by atoms with E-state index in [1.54, 1.807) is 18.3 Å². The first-order valence-electron chi connectivity index (χ1n) is 8.00. The number of rotatable bonds is 4. The molecule has 0 bridgehead atoms. The number of nitrogens with one attached hydrogen (secondary N) is 1. The van der Waals surface area contributed by atoms with E-state index in [0.29, 0.717) is 16.8 Å². The van der Waals surface area contributed by atoms with Crippen molar-refractivity contribution in [2.75, 3.05) is 11.9 Å². The highest BCUT2D eigenvalue weighted by Gasteiger charge is 2.20. The highest BCUT2D eigenvalue weighted by atomic mass is 35.5. The van der Waals surface area contributed by atoms with Gasteiger partial charge in [0.15, 0.2) is 0 Å². The maximum Gasteiger partial charge on any atom is 0.267 e. The van der Waals surface area contributed by atoms with Gasteiger partial charge in [-0.15, -0.1) is 0 Å². The van der Waals surface area contributed by atoms with Crippen molar-refractivity contribution >= 4 is 23.2 Å². The Morgan fingerprint density at radius 3 is 2.96 bits per heavy atom. The number of amides is 1. The number of aryl methyl sites for hydroxylation is 1.